The van der Waals surface area contributed by atoms with Crippen LogP contribution in [0.5, 0.6) is 5.75 Å². The first-order valence-corrected chi connectivity index (χ1v) is 6.76. The first-order valence-electron chi connectivity index (χ1n) is 6.22. The van der Waals surface area contributed by atoms with Crippen LogP contribution in [0.2, 0.25) is 0 Å². The molecule has 0 saturated heterocycles. The minimum atomic E-state index is -0.400. The summed E-state index contributed by atoms with van der Waals surface area (Å²) in [6.45, 7) is 3.19. The van der Waals surface area contributed by atoms with Gasteiger partial charge in [0.05, 0.1) is 6.04 Å². The smallest absolute Gasteiger partial charge is 0.308 e. The van der Waals surface area contributed by atoms with Crippen LogP contribution in [-0.2, 0) is 9.59 Å². The normalized spacial score (nSPS) is 17.9. The number of para-hydroxylation sites is 1. The Hall–Kier alpha value is -1.88. The molecule has 0 bridgehead atoms. The van der Waals surface area contributed by atoms with Crippen molar-refractivity contribution in [2.24, 2.45) is 5.10 Å². The summed E-state index contributed by atoms with van der Waals surface area (Å²) in [5.74, 6) is -0.361. The third-order valence-corrected chi connectivity index (χ3v) is 3.19. The van der Waals surface area contributed by atoms with Crippen LogP contribution in [0.4, 0.5) is 0 Å². The molecule has 0 N–H and O–H groups in total. The molecule has 6 heteroatoms. The maximum atomic E-state index is 11.9. The van der Waals surface area contributed by atoms with Gasteiger partial charge >= 0.3 is 5.97 Å². The summed E-state index contributed by atoms with van der Waals surface area (Å²) in [7, 11) is 0. The summed E-state index contributed by atoms with van der Waals surface area (Å²) in [6.07, 6.45) is 0.598. The number of benzene rings is 1. The van der Waals surface area contributed by atoms with Crippen LogP contribution in [0.1, 0.15) is 31.9 Å². The van der Waals surface area contributed by atoms with Gasteiger partial charge in [-0.2, -0.15) is 5.10 Å². The minimum Gasteiger partial charge on any atom is -0.426 e. The molecule has 0 aromatic heterocycles. The molecule has 0 radical (unpaired) electrons. The van der Waals surface area contributed by atoms with Crippen LogP contribution in [0.25, 0.3) is 0 Å². The average molecular weight is 295 g/mol. The van der Waals surface area contributed by atoms with Crippen LogP contribution < -0.4 is 4.74 Å². The molecule has 2 rings (SSSR count). The molecule has 1 aliphatic heterocycles. The molecular weight excluding hydrogens is 280 g/mol. The first-order chi connectivity index (χ1) is 9.52. The fourth-order valence-corrected chi connectivity index (χ4v) is 2.32. The van der Waals surface area contributed by atoms with E-state index in [0.717, 1.165) is 11.3 Å². The fraction of sp³-hybridized carbons (Fsp3) is 0.357. The van der Waals surface area contributed by atoms with Crippen LogP contribution in [0.15, 0.2) is 29.4 Å². The number of hydrogen-bond donors (Lipinski definition) is 0. The number of ether oxygens (including phenoxy) is 1. The summed E-state index contributed by atoms with van der Waals surface area (Å²) in [5.41, 5.74) is 1.59. The summed E-state index contributed by atoms with van der Waals surface area (Å²) in [6, 6.07) is 6.85. The highest BCUT2D eigenvalue weighted by molar-refractivity contribution is 6.27. The lowest BCUT2D eigenvalue weighted by Crippen LogP contribution is -2.28. The lowest BCUT2D eigenvalue weighted by molar-refractivity contribution is -0.131. The first kappa shape index (κ1) is 14.5. The van der Waals surface area contributed by atoms with Crippen molar-refractivity contribution in [2.45, 2.75) is 26.3 Å². The zero-order valence-electron chi connectivity index (χ0n) is 11.3. The predicted octanol–water partition coefficient (Wildman–Crippen LogP) is 2.50. The van der Waals surface area contributed by atoms with E-state index in [9.17, 15) is 9.59 Å². The predicted molar refractivity (Wildman–Crippen MR) is 75.8 cm³/mol. The van der Waals surface area contributed by atoms with E-state index in [1.165, 1.54) is 11.9 Å². The minimum absolute atomic E-state index is 0.136. The molecule has 1 unspecified atom stereocenters. The molecule has 0 saturated carbocycles. The number of carbonyl (C=O) groups is 2. The number of rotatable bonds is 3. The molecule has 1 aromatic carbocycles. The molecule has 1 heterocycles. The van der Waals surface area contributed by atoms with Gasteiger partial charge in [-0.05, 0) is 13.0 Å². The van der Waals surface area contributed by atoms with Crippen LogP contribution >= 0.6 is 11.6 Å². The summed E-state index contributed by atoms with van der Waals surface area (Å²) in [5, 5.41) is 5.58. The highest BCUT2D eigenvalue weighted by Crippen LogP contribution is 2.36. The van der Waals surface area contributed by atoms with E-state index in [2.05, 4.69) is 5.10 Å². The Bertz CT molecular complexity index is 571. The van der Waals surface area contributed by atoms with Crippen LogP contribution in [-0.4, -0.2) is 28.5 Å². The number of hydrogen-bond acceptors (Lipinski definition) is 4. The molecule has 1 aliphatic rings. The number of esters is 1. The van der Waals surface area contributed by atoms with Gasteiger partial charge in [0.1, 0.15) is 11.6 Å². The monoisotopic (exact) mass is 294 g/mol. The van der Waals surface area contributed by atoms with Crippen molar-refractivity contribution in [2.75, 3.05) is 5.88 Å². The van der Waals surface area contributed by atoms with Crippen molar-refractivity contribution in [3.63, 3.8) is 0 Å². The van der Waals surface area contributed by atoms with E-state index in [1.54, 1.807) is 12.1 Å². The lowest BCUT2D eigenvalue weighted by Gasteiger charge is -2.22. The Morgan fingerprint density at radius 2 is 2.15 bits per heavy atom. The standard InChI is InChI=1S/C14H15ClN2O3/c1-9-7-12(17(16-9)14(19)8-15)11-5-3-4-6-13(11)20-10(2)18/h3-6,12H,7-8H2,1-2H3. The summed E-state index contributed by atoms with van der Waals surface area (Å²) in [4.78, 5) is 23.0. The largest absolute Gasteiger partial charge is 0.426 e. The molecule has 106 valence electrons. The fourth-order valence-electron chi connectivity index (χ4n) is 2.20. The Labute approximate surface area is 122 Å². The van der Waals surface area contributed by atoms with E-state index in [-0.39, 0.29) is 17.8 Å². The second-order valence-corrected chi connectivity index (χ2v) is 4.83. The van der Waals surface area contributed by atoms with Gasteiger partial charge in [-0.3, -0.25) is 9.59 Å². The van der Waals surface area contributed by atoms with E-state index in [4.69, 9.17) is 16.3 Å². The van der Waals surface area contributed by atoms with Gasteiger partial charge in [0, 0.05) is 24.6 Å². The van der Waals surface area contributed by atoms with Gasteiger partial charge in [-0.25, -0.2) is 5.01 Å². The molecule has 5 nitrogen and oxygen atoms in total. The van der Waals surface area contributed by atoms with E-state index in [1.807, 2.05) is 19.1 Å². The van der Waals surface area contributed by atoms with Gasteiger partial charge in [-0.15, -0.1) is 11.6 Å². The quantitative estimate of drug-likeness (QED) is 0.489. The number of carbonyl (C=O) groups excluding carboxylic acids is 2. The molecular formula is C14H15ClN2O3. The molecule has 1 amide bonds. The van der Waals surface area contributed by atoms with Crippen LogP contribution in [0.3, 0.4) is 0 Å². The van der Waals surface area contributed by atoms with Crippen molar-refractivity contribution < 1.29 is 14.3 Å². The highest BCUT2D eigenvalue weighted by atomic mass is 35.5. The second kappa shape index (κ2) is 6.05. The van der Waals surface area contributed by atoms with E-state index in [0.29, 0.717) is 12.2 Å². The SMILES string of the molecule is CC(=O)Oc1ccccc1C1CC(C)=NN1C(=O)CCl. The molecule has 0 spiro atoms. The van der Waals surface area contributed by atoms with Crippen molar-refractivity contribution >= 4 is 29.2 Å². The van der Waals surface area contributed by atoms with Gasteiger partial charge in [0.2, 0.25) is 0 Å². The van der Waals surface area contributed by atoms with Crippen molar-refractivity contribution in [3.8, 4) is 5.75 Å². The van der Waals surface area contributed by atoms with Gasteiger partial charge < -0.3 is 4.74 Å². The van der Waals surface area contributed by atoms with Gasteiger partial charge in [0.25, 0.3) is 5.91 Å². The number of alkyl halides is 1. The maximum absolute atomic E-state index is 11.9. The highest BCUT2D eigenvalue weighted by Gasteiger charge is 2.32. The molecule has 20 heavy (non-hydrogen) atoms. The van der Waals surface area contributed by atoms with E-state index < -0.39 is 5.97 Å². The number of amides is 1. The third-order valence-electron chi connectivity index (χ3n) is 2.96. The van der Waals surface area contributed by atoms with Crippen molar-refractivity contribution in [3.05, 3.63) is 29.8 Å². The molecule has 0 aliphatic carbocycles. The third kappa shape index (κ3) is 2.99. The van der Waals surface area contributed by atoms with Crippen LogP contribution in [0, 0.1) is 0 Å². The Morgan fingerprint density at radius 3 is 2.80 bits per heavy atom. The molecule has 1 atom stereocenters. The lowest BCUT2D eigenvalue weighted by atomic mass is 10.0. The number of halogens is 1. The van der Waals surface area contributed by atoms with Gasteiger partial charge in [-0.1, -0.05) is 18.2 Å². The average Bonchev–Trinajstić information content (AvgIpc) is 2.79. The molecule has 0 fully saturated rings. The number of nitrogens with zero attached hydrogens (tertiary/aromatic N) is 2. The summed E-state index contributed by atoms with van der Waals surface area (Å²) < 4.78 is 5.19. The maximum Gasteiger partial charge on any atom is 0.308 e. The Morgan fingerprint density at radius 1 is 1.45 bits per heavy atom. The zero-order valence-corrected chi connectivity index (χ0v) is 12.1. The van der Waals surface area contributed by atoms with Gasteiger partial charge in [0.15, 0.2) is 0 Å². The van der Waals surface area contributed by atoms with Crippen molar-refractivity contribution in [1.82, 2.24) is 5.01 Å². The Balaban J connectivity index is 2.35. The summed E-state index contributed by atoms with van der Waals surface area (Å²) >= 11 is 5.61. The topological polar surface area (TPSA) is 59.0 Å². The van der Waals surface area contributed by atoms with E-state index >= 15 is 0 Å². The molecule has 1 aromatic rings. The number of hydrazone groups is 1. The Kier molecular flexibility index (Phi) is 4.39. The zero-order chi connectivity index (χ0) is 14.7. The van der Waals surface area contributed by atoms with Crippen molar-refractivity contribution in [1.29, 1.82) is 0 Å². The second-order valence-electron chi connectivity index (χ2n) is 4.56.